The summed E-state index contributed by atoms with van der Waals surface area (Å²) in [6.07, 6.45) is 0.682. The van der Waals surface area contributed by atoms with Crippen LogP contribution in [0.3, 0.4) is 0 Å². The van der Waals surface area contributed by atoms with Crippen LogP contribution in [-0.4, -0.2) is 27.0 Å². The predicted octanol–water partition coefficient (Wildman–Crippen LogP) is 3.39. The van der Waals surface area contributed by atoms with Crippen molar-refractivity contribution in [2.24, 2.45) is 0 Å². The molecule has 144 valence electrons. The van der Waals surface area contributed by atoms with E-state index in [9.17, 15) is 9.18 Å². The Bertz CT molecular complexity index is 820. The summed E-state index contributed by atoms with van der Waals surface area (Å²) in [5.74, 6) is 0.960. The van der Waals surface area contributed by atoms with Crippen LogP contribution in [0, 0.1) is 5.82 Å². The lowest BCUT2D eigenvalue weighted by atomic mass is 10.1. The molecule has 2 aromatic rings. The van der Waals surface area contributed by atoms with Crippen molar-refractivity contribution in [1.82, 2.24) is 0 Å². The van der Waals surface area contributed by atoms with Gasteiger partial charge in [0.2, 0.25) is 0 Å². The molecule has 0 bridgehead atoms. The fourth-order valence-corrected chi connectivity index (χ4v) is 2.88. The normalized spacial score (nSPS) is 12.7. The minimum absolute atomic E-state index is 0.0507. The average molecular weight is 376 g/mol. The molecule has 2 aromatic carbocycles. The van der Waals surface area contributed by atoms with Gasteiger partial charge in [0, 0.05) is 17.5 Å². The number of methoxy groups -OCH3 is 2. The Morgan fingerprint density at radius 1 is 1.15 bits per heavy atom. The van der Waals surface area contributed by atoms with Crippen LogP contribution in [0.25, 0.3) is 0 Å². The second kappa shape index (κ2) is 8.73. The quantitative estimate of drug-likeness (QED) is 0.691. The number of rotatable bonds is 7. The first kappa shape index (κ1) is 19.0. The van der Waals surface area contributed by atoms with E-state index in [1.54, 1.807) is 20.3 Å². The number of esters is 1. The van der Waals surface area contributed by atoms with Crippen LogP contribution in [0.2, 0.25) is 0 Å². The van der Waals surface area contributed by atoms with Crippen molar-refractivity contribution in [3.8, 4) is 17.2 Å². The summed E-state index contributed by atoms with van der Waals surface area (Å²) in [5, 5.41) is 0. The van der Waals surface area contributed by atoms with E-state index in [0.29, 0.717) is 34.8 Å². The molecule has 6 nitrogen and oxygen atoms in total. The molecule has 1 aliphatic rings. The molecule has 0 amide bonds. The maximum Gasteiger partial charge on any atom is 0.306 e. The minimum Gasteiger partial charge on any atom is -0.493 e. The Hall–Kier alpha value is -2.80. The molecule has 1 aliphatic heterocycles. The van der Waals surface area contributed by atoms with E-state index in [4.69, 9.17) is 23.7 Å². The van der Waals surface area contributed by atoms with E-state index < -0.39 is 5.82 Å². The third-order valence-corrected chi connectivity index (χ3v) is 4.21. The van der Waals surface area contributed by atoms with Crippen LogP contribution in [0.15, 0.2) is 30.3 Å². The second-order valence-corrected chi connectivity index (χ2v) is 6.01. The summed E-state index contributed by atoms with van der Waals surface area (Å²) in [7, 11) is 3.12. The molecule has 27 heavy (non-hydrogen) atoms. The zero-order chi connectivity index (χ0) is 19.2. The van der Waals surface area contributed by atoms with Gasteiger partial charge in [0.05, 0.1) is 20.8 Å². The predicted molar refractivity (Wildman–Crippen MR) is 94.3 cm³/mol. The van der Waals surface area contributed by atoms with Crippen molar-refractivity contribution in [3.05, 3.63) is 52.8 Å². The number of aryl methyl sites for hydroxylation is 1. The Kier molecular flexibility index (Phi) is 6.13. The van der Waals surface area contributed by atoms with Gasteiger partial charge < -0.3 is 23.7 Å². The molecular weight excluding hydrogens is 355 g/mol. The molecule has 0 unspecified atom stereocenters. The fourth-order valence-electron chi connectivity index (χ4n) is 2.88. The number of fused-ring (bicyclic) bond motifs is 1. The van der Waals surface area contributed by atoms with Gasteiger partial charge in [0.15, 0.2) is 18.3 Å². The zero-order valence-electron chi connectivity index (χ0n) is 15.2. The van der Waals surface area contributed by atoms with Gasteiger partial charge in [-0.3, -0.25) is 4.79 Å². The highest BCUT2D eigenvalue weighted by molar-refractivity contribution is 5.70. The standard InChI is InChI=1S/C20H21FO6/c1-23-17-5-3-13(7-18(17)24-2)4-6-19(22)26-11-15-9-16(21)8-14-10-25-12-27-20(14)15/h3,5,7-9H,4,6,10-12H2,1-2H3. The lowest BCUT2D eigenvalue weighted by Gasteiger charge is -2.20. The number of benzene rings is 2. The Balaban J connectivity index is 1.57. The van der Waals surface area contributed by atoms with E-state index in [1.807, 2.05) is 12.1 Å². The number of ether oxygens (including phenoxy) is 5. The van der Waals surface area contributed by atoms with Crippen molar-refractivity contribution >= 4 is 5.97 Å². The Morgan fingerprint density at radius 3 is 2.74 bits per heavy atom. The molecule has 3 rings (SSSR count). The average Bonchev–Trinajstić information content (AvgIpc) is 2.70. The van der Waals surface area contributed by atoms with Gasteiger partial charge >= 0.3 is 5.97 Å². The molecule has 0 aliphatic carbocycles. The molecule has 0 atom stereocenters. The molecule has 0 radical (unpaired) electrons. The Labute approximate surface area is 156 Å². The van der Waals surface area contributed by atoms with E-state index >= 15 is 0 Å². The summed E-state index contributed by atoms with van der Waals surface area (Å²) in [4.78, 5) is 12.1. The number of hydrogen-bond acceptors (Lipinski definition) is 6. The molecule has 0 spiro atoms. The smallest absolute Gasteiger partial charge is 0.306 e. The van der Waals surface area contributed by atoms with Gasteiger partial charge in [0.25, 0.3) is 0 Å². The first-order valence-corrected chi connectivity index (χ1v) is 8.49. The highest BCUT2D eigenvalue weighted by atomic mass is 19.1. The number of carbonyl (C=O) groups excluding carboxylic acids is 1. The lowest BCUT2D eigenvalue weighted by molar-refractivity contribution is -0.145. The monoisotopic (exact) mass is 376 g/mol. The van der Waals surface area contributed by atoms with Gasteiger partial charge in [-0.05, 0) is 36.2 Å². The topological polar surface area (TPSA) is 63.2 Å². The van der Waals surface area contributed by atoms with E-state index in [-0.39, 0.29) is 32.4 Å². The minimum atomic E-state index is -0.417. The molecule has 7 heteroatoms. The highest BCUT2D eigenvalue weighted by Crippen LogP contribution is 2.30. The van der Waals surface area contributed by atoms with E-state index in [0.717, 1.165) is 5.56 Å². The summed E-state index contributed by atoms with van der Waals surface area (Å²) < 4.78 is 40.0. The van der Waals surface area contributed by atoms with Crippen LogP contribution >= 0.6 is 0 Å². The van der Waals surface area contributed by atoms with Crippen molar-refractivity contribution < 1.29 is 32.9 Å². The molecule has 1 heterocycles. The molecule has 0 fully saturated rings. The maximum absolute atomic E-state index is 13.7. The third kappa shape index (κ3) is 4.68. The summed E-state index contributed by atoms with van der Waals surface area (Å²) in [6.45, 7) is 0.317. The van der Waals surface area contributed by atoms with Gasteiger partial charge in [-0.2, -0.15) is 0 Å². The lowest BCUT2D eigenvalue weighted by Crippen LogP contribution is -2.15. The van der Waals surface area contributed by atoms with Gasteiger partial charge in [-0.25, -0.2) is 4.39 Å². The van der Waals surface area contributed by atoms with Crippen molar-refractivity contribution in [2.75, 3.05) is 21.0 Å². The maximum atomic E-state index is 13.7. The first-order chi connectivity index (χ1) is 13.1. The zero-order valence-corrected chi connectivity index (χ0v) is 15.2. The van der Waals surface area contributed by atoms with Crippen molar-refractivity contribution in [2.45, 2.75) is 26.1 Å². The van der Waals surface area contributed by atoms with E-state index in [2.05, 4.69) is 0 Å². The molecule has 0 N–H and O–H groups in total. The number of carbonyl (C=O) groups is 1. The van der Waals surface area contributed by atoms with Gasteiger partial charge in [-0.1, -0.05) is 6.07 Å². The van der Waals surface area contributed by atoms with Gasteiger partial charge in [-0.15, -0.1) is 0 Å². The van der Waals surface area contributed by atoms with Crippen LogP contribution in [0.4, 0.5) is 4.39 Å². The molecular formula is C20H21FO6. The fraction of sp³-hybridized carbons (Fsp3) is 0.350. The molecule has 0 saturated heterocycles. The summed E-state index contributed by atoms with van der Waals surface area (Å²) in [5.41, 5.74) is 2.03. The summed E-state index contributed by atoms with van der Waals surface area (Å²) in [6, 6.07) is 8.15. The molecule has 0 aromatic heterocycles. The van der Waals surface area contributed by atoms with Crippen LogP contribution < -0.4 is 14.2 Å². The summed E-state index contributed by atoms with van der Waals surface area (Å²) >= 11 is 0. The van der Waals surface area contributed by atoms with Crippen LogP contribution in [0.1, 0.15) is 23.1 Å². The van der Waals surface area contributed by atoms with Crippen LogP contribution in [0.5, 0.6) is 17.2 Å². The van der Waals surface area contributed by atoms with Crippen molar-refractivity contribution in [1.29, 1.82) is 0 Å². The van der Waals surface area contributed by atoms with E-state index in [1.165, 1.54) is 12.1 Å². The first-order valence-electron chi connectivity index (χ1n) is 8.49. The van der Waals surface area contributed by atoms with Gasteiger partial charge in [0.1, 0.15) is 18.2 Å². The Morgan fingerprint density at radius 2 is 1.96 bits per heavy atom. The van der Waals surface area contributed by atoms with Crippen molar-refractivity contribution in [3.63, 3.8) is 0 Å². The SMILES string of the molecule is COc1ccc(CCC(=O)OCc2cc(F)cc3c2OCOC3)cc1OC. The molecule has 0 saturated carbocycles. The number of halogens is 1. The third-order valence-electron chi connectivity index (χ3n) is 4.21. The largest absolute Gasteiger partial charge is 0.493 e. The second-order valence-electron chi connectivity index (χ2n) is 6.01. The number of hydrogen-bond donors (Lipinski definition) is 0. The van der Waals surface area contributed by atoms with Crippen LogP contribution in [-0.2, 0) is 33.9 Å². The highest BCUT2D eigenvalue weighted by Gasteiger charge is 2.18.